The minimum atomic E-state index is 0.615. The average molecular weight is 747 g/mol. The summed E-state index contributed by atoms with van der Waals surface area (Å²) in [4.78, 5) is 19.9. The molecule has 9 rings (SSSR count). The summed E-state index contributed by atoms with van der Waals surface area (Å²) in [5.41, 5.74) is 15.5. The van der Waals surface area contributed by atoms with E-state index in [4.69, 9.17) is 15.0 Å². The SMILES string of the molecule is C=Cc1c(C)c(CC)c(/C=C\C)c2cc(-c3cc(-c4ccc(-c5ccnc6ccccc56)cc4)cc(-c4nc(-c5ccccc5)nc(-c5ccccc5)n4)c3)ccc12. The molecule has 0 saturated carbocycles. The Balaban J connectivity index is 1.26. The van der Waals surface area contributed by atoms with Gasteiger partial charge >= 0.3 is 0 Å². The third-order valence-corrected chi connectivity index (χ3v) is 11.1. The van der Waals surface area contributed by atoms with Crippen LogP contribution >= 0.6 is 0 Å². The molecule has 4 nitrogen and oxygen atoms in total. The number of hydrogen-bond donors (Lipinski definition) is 0. The van der Waals surface area contributed by atoms with E-state index in [2.05, 4.69) is 129 Å². The predicted octanol–water partition coefficient (Wildman–Crippen LogP) is 14.1. The summed E-state index contributed by atoms with van der Waals surface area (Å²) in [6.45, 7) is 10.8. The molecule has 0 aliphatic carbocycles. The maximum Gasteiger partial charge on any atom is 0.164 e. The highest BCUT2D eigenvalue weighted by molar-refractivity contribution is 6.01. The maximum atomic E-state index is 5.15. The van der Waals surface area contributed by atoms with Gasteiger partial charge in [0.1, 0.15) is 0 Å². The molecule has 4 heteroatoms. The van der Waals surface area contributed by atoms with Crippen molar-refractivity contribution < 1.29 is 0 Å². The van der Waals surface area contributed by atoms with Gasteiger partial charge in [0.2, 0.25) is 0 Å². The monoisotopic (exact) mass is 746 g/mol. The number of hydrogen-bond acceptors (Lipinski definition) is 4. The first-order valence-electron chi connectivity index (χ1n) is 19.8. The van der Waals surface area contributed by atoms with Crippen molar-refractivity contribution in [2.45, 2.75) is 27.2 Å². The van der Waals surface area contributed by atoms with Crippen molar-refractivity contribution in [2.75, 3.05) is 0 Å². The van der Waals surface area contributed by atoms with E-state index in [9.17, 15) is 0 Å². The fraction of sp³-hybridized carbons (Fsp3) is 0.0741. The van der Waals surface area contributed by atoms with Gasteiger partial charge in [0, 0.05) is 28.3 Å². The van der Waals surface area contributed by atoms with Crippen LogP contribution in [0.15, 0.2) is 171 Å². The van der Waals surface area contributed by atoms with Crippen molar-refractivity contribution in [3.05, 3.63) is 193 Å². The van der Waals surface area contributed by atoms with Crippen molar-refractivity contribution in [3.8, 4) is 67.5 Å². The molecular formula is C54H42N4. The second-order valence-electron chi connectivity index (χ2n) is 14.5. The molecule has 278 valence electrons. The Morgan fingerprint density at radius 3 is 1.71 bits per heavy atom. The lowest BCUT2D eigenvalue weighted by Gasteiger charge is -2.18. The van der Waals surface area contributed by atoms with Crippen molar-refractivity contribution in [2.24, 2.45) is 0 Å². The average Bonchev–Trinajstić information content (AvgIpc) is 3.29. The molecule has 0 atom stereocenters. The van der Waals surface area contributed by atoms with Gasteiger partial charge in [-0.05, 0) is 123 Å². The number of nitrogens with zero attached hydrogens (tertiary/aromatic N) is 4. The van der Waals surface area contributed by atoms with E-state index in [0.717, 1.165) is 67.4 Å². The van der Waals surface area contributed by atoms with Gasteiger partial charge in [-0.25, -0.2) is 15.0 Å². The molecule has 0 bridgehead atoms. The number of pyridine rings is 1. The fourth-order valence-corrected chi connectivity index (χ4v) is 8.20. The highest BCUT2D eigenvalue weighted by atomic mass is 15.0. The third-order valence-electron chi connectivity index (χ3n) is 11.1. The molecule has 2 heterocycles. The Labute approximate surface area is 340 Å². The summed E-state index contributed by atoms with van der Waals surface area (Å²) in [6.07, 6.45) is 9.21. The molecule has 0 amide bonds. The molecular weight excluding hydrogens is 705 g/mol. The van der Waals surface area contributed by atoms with Crippen LogP contribution in [0, 0.1) is 6.92 Å². The molecule has 0 aliphatic heterocycles. The number of benzene rings is 7. The van der Waals surface area contributed by atoms with Crippen LogP contribution in [0.4, 0.5) is 0 Å². The summed E-state index contributed by atoms with van der Waals surface area (Å²) in [6, 6.07) is 53.0. The molecule has 0 fully saturated rings. The number of aromatic nitrogens is 4. The Morgan fingerprint density at radius 1 is 0.500 bits per heavy atom. The molecule has 0 saturated heterocycles. The molecule has 9 aromatic rings. The largest absolute Gasteiger partial charge is 0.256 e. The third kappa shape index (κ3) is 6.79. The van der Waals surface area contributed by atoms with E-state index in [-0.39, 0.29) is 0 Å². The van der Waals surface area contributed by atoms with Gasteiger partial charge in [-0.3, -0.25) is 4.98 Å². The molecule has 0 unspecified atom stereocenters. The maximum absolute atomic E-state index is 5.15. The Kier molecular flexibility index (Phi) is 9.83. The normalized spacial score (nSPS) is 11.4. The minimum absolute atomic E-state index is 0.615. The number of para-hydroxylation sites is 1. The van der Waals surface area contributed by atoms with Crippen LogP contribution in [0.1, 0.15) is 36.1 Å². The van der Waals surface area contributed by atoms with Gasteiger partial charge < -0.3 is 0 Å². The van der Waals surface area contributed by atoms with Gasteiger partial charge in [0.25, 0.3) is 0 Å². The zero-order chi connectivity index (χ0) is 39.6. The topological polar surface area (TPSA) is 51.6 Å². The number of fused-ring (bicyclic) bond motifs is 2. The molecule has 0 N–H and O–H groups in total. The Morgan fingerprint density at radius 2 is 1.07 bits per heavy atom. The fourth-order valence-electron chi connectivity index (χ4n) is 8.20. The first-order chi connectivity index (χ1) is 28.5. The van der Waals surface area contributed by atoms with Gasteiger partial charge in [0.05, 0.1) is 5.52 Å². The van der Waals surface area contributed by atoms with Crippen molar-refractivity contribution in [1.82, 2.24) is 19.9 Å². The molecule has 7 aromatic carbocycles. The standard InChI is InChI=1S/C54H42N4/c1-5-16-47-44(6-2)35(4)45(7-3)48-28-27-40(34-50(47)48)42-31-41(36-23-25-37(26-24-36)46-29-30-55-51-22-15-14-21-49(46)51)32-43(33-42)54-57-52(38-17-10-8-11-18-38)56-53(58-54)39-19-12-9-13-20-39/h5,7-34H,3,6H2,1-2,4H3/b16-5-. The first kappa shape index (κ1) is 36.3. The van der Waals surface area contributed by atoms with Crippen LogP contribution in [-0.2, 0) is 6.42 Å². The molecule has 58 heavy (non-hydrogen) atoms. The minimum Gasteiger partial charge on any atom is -0.256 e. The quantitative estimate of drug-likeness (QED) is 0.148. The summed E-state index contributed by atoms with van der Waals surface area (Å²) in [7, 11) is 0. The lowest BCUT2D eigenvalue weighted by atomic mass is 9.86. The predicted molar refractivity (Wildman–Crippen MR) is 244 cm³/mol. The second kappa shape index (κ2) is 15.7. The van der Waals surface area contributed by atoms with Crippen LogP contribution in [-0.4, -0.2) is 19.9 Å². The van der Waals surface area contributed by atoms with Crippen LogP contribution in [0.3, 0.4) is 0 Å². The number of rotatable bonds is 9. The summed E-state index contributed by atoms with van der Waals surface area (Å²) >= 11 is 0. The lowest BCUT2D eigenvalue weighted by Crippen LogP contribution is -2.00. The van der Waals surface area contributed by atoms with Gasteiger partial charge in [-0.1, -0.05) is 147 Å². The van der Waals surface area contributed by atoms with Gasteiger partial charge in [-0.2, -0.15) is 0 Å². The van der Waals surface area contributed by atoms with Crippen LogP contribution < -0.4 is 0 Å². The van der Waals surface area contributed by atoms with Crippen LogP contribution in [0.5, 0.6) is 0 Å². The van der Waals surface area contributed by atoms with Crippen molar-refractivity contribution >= 4 is 33.8 Å². The summed E-state index contributed by atoms with van der Waals surface area (Å²) in [5.74, 6) is 1.88. The smallest absolute Gasteiger partial charge is 0.164 e. The van der Waals surface area contributed by atoms with Crippen LogP contribution in [0.25, 0.3) is 101 Å². The molecule has 0 spiro atoms. The van der Waals surface area contributed by atoms with Gasteiger partial charge in [-0.15, -0.1) is 0 Å². The molecule has 0 radical (unpaired) electrons. The first-order valence-corrected chi connectivity index (χ1v) is 19.8. The van der Waals surface area contributed by atoms with E-state index < -0.39 is 0 Å². The Bertz CT molecular complexity index is 2940. The highest BCUT2D eigenvalue weighted by Gasteiger charge is 2.18. The van der Waals surface area contributed by atoms with E-state index in [1.54, 1.807) is 0 Å². The number of allylic oxidation sites excluding steroid dienone is 1. The van der Waals surface area contributed by atoms with Gasteiger partial charge in [0.15, 0.2) is 17.5 Å². The summed E-state index contributed by atoms with van der Waals surface area (Å²) in [5, 5.41) is 3.55. The second-order valence-corrected chi connectivity index (χ2v) is 14.5. The van der Waals surface area contributed by atoms with Crippen molar-refractivity contribution in [3.63, 3.8) is 0 Å². The van der Waals surface area contributed by atoms with Crippen LogP contribution in [0.2, 0.25) is 0 Å². The molecule has 0 aliphatic rings. The van der Waals surface area contributed by atoms with Crippen molar-refractivity contribution in [1.29, 1.82) is 0 Å². The van der Waals surface area contributed by atoms with E-state index >= 15 is 0 Å². The highest BCUT2D eigenvalue weighted by Crippen LogP contribution is 2.39. The zero-order valence-corrected chi connectivity index (χ0v) is 32.9. The zero-order valence-electron chi connectivity index (χ0n) is 32.9. The van der Waals surface area contributed by atoms with E-state index in [1.807, 2.05) is 79.0 Å². The Hall–Kier alpha value is -7.30. The lowest BCUT2D eigenvalue weighted by molar-refractivity contribution is 1.07. The molecule has 2 aromatic heterocycles. The summed E-state index contributed by atoms with van der Waals surface area (Å²) < 4.78 is 0. The van der Waals surface area contributed by atoms with E-state index in [0.29, 0.717) is 17.5 Å². The van der Waals surface area contributed by atoms with E-state index in [1.165, 1.54) is 33.0 Å².